The predicted octanol–water partition coefficient (Wildman–Crippen LogP) is 3.33. The molecule has 0 radical (unpaired) electrons. The minimum atomic E-state index is -0.217. The van der Waals surface area contributed by atoms with Crippen LogP contribution in [0.25, 0.3) is 0 Å². The molecule has 0 atom stereocenters. The molecule has 20 heavy (non-hydrogen) atoms. The van der Waals surface area contributed by atoms with E-state index in [9.17, 15) is 4.79 Å². The molecular formula is C16H19N3O. The van der Waals surface area contributed by atoms with Crippen LogP contribution in [0.1, 0.15) is 22.4 Å². The van der Waals surface area contributed by atoms with Gasteiger partial charge >= 0.3 is 6.03 Å². The number of rotatable bonds is 3. The summed E-state index contributed by atoms with van der Waals surface area (Å²) in [6.45, 7) is 6.45. The Morgan fingerprint density at radius 2 is 1.85 bits per heavy atom. The van der Waals surface area contributed by atoms with E-state index in [4.69, 9.17) is 0 Å². The molecule has 2 amide bonds. The molecule has 0 bridgehead atoms. The summed E-state index contributed by atoms with van der Waals surface area (Å²) in [4.78, 5) is 16.1. The van der Waals surface area contributed by atoms with Crippen LogP contribution in [0.15, 0.2) is 36.5 Å². The second kappa shape index (κ2) is 6.19. The Balaban J connectivity index is 1.98. The van der Waals surface area contributed by atoms with Crippen molar-refractivity contribution >= 4 is 11.7 Å². The van der Waals surface area contributed by atoms with E-state index in [-0.39, 0.29) is 6.03 Å². The van der Waals surface area contributed by atoms with Gasteiger partial charge in [-0.2, -0.15) is 0 Å². The van der Waals surface area contributed by atoms with Crippen molar-refractivity contribution in [1.29, 1.82) is 0 Å². The quantitative estimate of drug-likeness (QED) is 0.898. The molecule has 4 nitrogen and oxygen atoms in total. The Labute approximate surface area is 119 Å². The first-order valence-electron chi connectivity index (χ1n) is 6.59. The van der Waals surface area contributed by atoms with Gasteiger partial charge in [0.25, 0.3) is 0 Å². The molecule has 0 aliphatic rings. The monoisotopic (exact) mass is 269 g/mol. The first-order valence-corrected chi connectivity index (χ1v) is 6.59. The summed E-state index contributed by atoms with van der Waals surface area (Å²) in [5.41, 5.74) is 5.03. The van der Waals surface area contributed by atoms with Crippen molar-refractivity contribution in [3.63, 3.8) is 0 Å². The Morgan fingerprint density at radius 3 is 2.45 bits per heavy atom. The van der Waals surface area contributed by atoms with E-state index >= 15 is 0 Å². The number of amides is 2. The SMILES string of the molecule is Cc1cc(C)c(NC(=O)NCc2ccccn2)c(C)c1. The van der Waals surface area contributed by atoms with Gasteiger partial charge in [0.05, 0.1) is 12.2 Å². The molecule has 1 aromatic heterocycles. The van der Waals surface area contributed by atoms with Crippen LogP contribution in [-0.4, -0.2) is 11.0 Å². The molecule has 4 heteroatoms. The first-order chi connectivity index (χ1) is 9.56. The zero-order valence-electron chi connectivity index (χ0n) is 12.0. The van der Waals surface area contributed by atoms with Crippen molar-refractivity contribution in [1.82, 2.24) is 10.3 Å². The van der Waals surface area contributed by atoms with Crippen LogP contribution in [0.3, 0.4) is 0 Å². The zero-order chi connectivity index (χ0) is 14.5. The topological polar surface area (TPSA) is 54.0 Å². The molecule has 0 unspecified atom stereocenters. The fourth-order valence-electron chi connectivity index (χ4n) is 2.21. The Hall–Kier alpha value is -2.36. The molecule has 1 heterocycles. The van der Waals surface area contributed by atoms with Gasteiger partial charge in [-0.05, 0) is 44.0 Å². The summed E-state index contributed by atoms with van der Waals surface area (Å²) >= 11 is 0. The molecule has 0 fully saturated rings. The van der Waals surface area contributed by atoms with E-state index in [1.807, 2.05) is 39.0 Å². The highest BCUT2D eigenvalue weighted by Gasteiger charge is 2.07. The van der Waals surface area contributed by atoms with Gasteiger partial charge in [-0.1, -0.05) is 23.8 Å². The van der Waals surface area contributed by atoms with E-state index in [1.165, 1.54) is 5.56 Å². The number of carbonyl (C=O) groups excluding carboxylic acids is 1. The largest absolute Gasteiger partial charge is 0.332 e. The summed E-state index contributed by atoms with van der Waals surface area (Å²) in [7, 11) is 0. The number of carbonyl (C=O) groups is 1. The lowest BCUT2D eigenvalue weighted by atomic mass is 10.1. The molecule has 1 aromatic carbocycles. The molecule has 0 aliphatic carbocycles. The number of nitrogens with one attached hydrogen (secondary N) is 2. The Kier molecular flexibility index (Phi) is 4.35. The van der Waals surface area contributed by atoms with E-state index in [2.05, 4.69) is 27.8 Å². The van der Waals surface area contributed by atoms with Gasteiger partial charge in [-0.15, -0.1) is 0 Å². The van der Waals surface area contributed by atoms with Crippen molar-refractivity contribution < 1.29 is 4.79 Å². The van der Waals surface area contributed by atoms with Crippen LogP contribution in [0.2, 0.25) is 0 Å². The van der Waals surface area contributed by atoms with Gasteiger partial charge in [-0.25, -0.2) is 4.79 Å². The van der Waals surface area contributed by atoms with Crippen molar-refractivity contribution in [3.05, 3.63) is 58.9 Å². The van der Waals surface area contributed by atoms with Gasteiger partial charge in [0.1, 0.15) is 0 Å². The molecule has 0 saturated heterocycles. The van der Waals surface area contributed by atoms with Crippen molar-refractivity contribution in [2.45, 2.75) is 27.3 Å². The number of anilines is 1. The maximum atomic E-state index is 11.9. The van der Waals surface area contributed by atoms with Crippen molar-refractivity contribution in [2.75, 3.05) is 5.32 Å². The zero-order valence-corrected chi connectivity index (χ0v) is 12.0. The fraction of sp³-hybridized carbons (Fsp3) is 0.250. The van der Waals surface area contributed by atoms with Crippen LogP contribution in [0, 0.1) is 20.8 Å². The molecule has 0 aliphatic heterocycles. The lowest BCUT2D eigenvalue weighted by Crippen LogP contribution is -2.29. The Bertz CT molecular complexity index is 585. The van der Waals surface area contributed by atoms with E-state index in [0.717, 1.165) is 22.5 Å². The van der Waals surface area contributed by atoms with Gasteiger partial charge < -0.3 is 10.6 Å². The lowest BCUT2D eigenvalue weighted by molar-refractivity contribution is 0.251. The lowest BCUT2D eigenvalue weighted by Gasteiger charge is -2.13. The summed E-state index contributed by atoms with van der Waals surface area (Å²) in [6, 6.07) is 9.52. The number of hydrogen-bond acceptors (Lipinski definition) is 2. The normalized spacial score (nSPS) is 10.2. The molecule has 0 spiro atoms. The minimum absolute atomic E-state index is 0.217. The van der Waals surface area contributed by atoms with Crippen LogP contribution in [-0.2, 0) is 6.54 Å². The minimum Gasteiger partial charge on any atom is -0.332 e. The van der Waals surface area contributed by atoms with Gasteiger partial charge in [0, 0.05) is 11.9 Å². The molecular weight excluding hydrogens is 250 g/mol. The first kappa shape index (κ1) is 14.1. The van der Waals surface area contributed by atoms with Crippen LogP contribution in [0.5, 0.6) is 0 Å². The molecule has 2 N–H and O–H groups in total. The third-order valence-corrected chi connectivity index (χ3v) is 3.07. The van der Waals surface area contributed by atoms with Crippen molar-refractivity contribution in [2.24, 2.45) is 0 Å². The predicted molar refractivity (Wildman–Crippen MR) is 80.7 cm³/mol. The standard InChI is InChI=1S/C16H19N3O/c1-11-8-12(2)15(13(3)9-11)19-16(20)18-10-14-6-4-5-7-17-14/h4-9H,10H2,1-3H3,(H2,18,19,20). The number of aryl methyl sites for hydroxylation is 3. The Morgan fingerprint density at radius 1 is 1.15 bits per heavy atom. The van der Waals surface area contributed by atoms with Crippen molar-refractivity contribution in [3.8, 4) is 0 Å². The number of benzene rings is 1. The summed E-state index contributed by atoms with van der Waals surface area (Å²) in [5, 5.41) is 5.70. The number of urea groups is 1. The molecule has 2 aromatic rings. The second-order valence-corrected chi connectivity index (χ2v) is 4.90. The highest BCUT2D eigenvalue weighted by Crippen LogP contribution is 2.21. The highest BCUT2D eigenvalue weighted by atomic mass is 16.2. The smallest absolute Gasteiger partial charge is 0.319 e. The number of aromatic nitrogens is 1. The van der Waals surface area contributed by atoms with Crippen LogP contribution < -0.4 is 10.6 Å². The number of hydrogen-bond donors (Lipinski definition) is 2. The van der Waals surface area contributed by atoms with E-state index < -0.39 is 0 Å². The number of pyridine rings is 1. The maximum Gasteiger partial charge on any atom is 0.319 e. The second-order valence-electron chi connectivity index (χ2n) is 4.90. The number of nitrogens with zero attached hydrogens (tertiary/aromatic N) is 1. The third-order valence-electron chi connectivity index (χ3n) is 3.07. The van der Waals surface area contributed by atoms with Crippen LogP contribution >= 0.6 is 0 Å². The van der Waals surface area contributed by atoms with Gasteiger partial charge in [0.2, 0.25) is 0 Å². The maximum absolute atomic E-state index is 11.9. The van der Waals surface area contributed by atoms with Gasteiger partial charge in [0.15, 0.2) is 0 Å². The summed E-state index contributed by atoms with van der Waals surface area (Å²) < 4.78 is 0. The average molecular weight is 269 g/mol. The summed E-state index contributed by atoms with van der Waals surface area (Å²) in [6.07, 6.45) is 1.71. The third kappa shape index (κ3) is 3.57. The van der Waals surface area contributed by atoms with Crippen LogP contribution in [0.4, 0.5) is 10.5 Å². The molecule has 0 saturated carbocycles. The average Bonchev–Trinajstić information content (AvgIpc) is 2.42. The van der Waals surface area contributed by atoms with E-state index in [0.29, 0.717) is 6.54 Å². The fourth-order valence-corrected chi connectivity index (χ4v) is 2.21. The highest BCUT2D eigenvalue weighted by molar-refractivity contribution is 5.91. The summed E-state index contributed by atoms with van der Waals surface area (Å²) in [5.74, 6) is 0. The molecule has 104 valence electrons. The van der Waals surface area contributed by atoms with Gasteiger partial charge in [-0.3, -0.25) is 4.98 Å². The molecule has 2 rings (SSSR count). The van der Waals surface area contributed by atoms with E-state index in [1.54, 1.807) is 6.20 Å².